The summed E-state index contributed by atoms with van der Waals surface area (Å²) < 4.78 is 6.50. The second kappa shape index (κ2) is 5.07. The standard InChI is InChI=1S/C11H13BrO/c1-3-9(2)13-8-10-5-4-6-11(12)7-10/h4-7H,2-3,8H2,1H3. The van der Waals surface area contributed by atoms with Crippen LogP contribution >= 0.6 is 15.9 Å². The summed E-state index contributed by atoms with van der Waals surface area (Å²) in [6.07, 6.45) is 0.869. The molecule has 0 N–H and O–H groups in total. The number of benzene rings is 1. The van der Waals surface area contributed by atoms with Crippen molar-refractivity contribution in [3.05, 3.63) is 46.6 Å². The van der Waals surface area contributed by atoms with Gasteiger partial charge < -0.3 is 4.74 Å². The van der Waals surface area contributed by atoms with Gasteiger partial charge in [-0.15, -0.1) is 0 Å². The molecule has 0 fully saturated rings. The van der Waals surface area contributed by atoms with Crippen LogP contribution in [0.3, 0.4) is 0 Å². The monoisotopic (exact) mass is 240 g/mol. The third-order valence-corrected chi connectivity index (χ3v) is 2.22. The summed E-state index contributed by atoms with van der Waals surface area (Å²) in [5.41, 5.74) is 1.16. The smallest absolute Gasteiger partial charge is 0.113 e. The number of hydrogen-bond acceptors (Lipinski definition) is 1. The normalized spacial score (nSPS) is 9.69. The Bertz CT molecular complexity index is 294. The second-order valence-electron chi connectivity index (χ2n) is 2.81. The van der Waals surface area contributed by atoms with Crippen molar-refractivity contribution in [3.8, 4) is 0 Å². The second-order valence-corrected chi connectivity index (χ2v) is 3.73. The van der Waals surface area contributed by atoms with Crippen molar-refractivity contribution in [2.24, 2.45) is 0 Å². The molecule has 1 nitrogen and oxygen atoms in total. The van der Waals surface area contributed by atoms with E-state index in [1.807, 2.05) is 31.2 Å². The van der Waals surface area contributed by atoms with Gasteiger partial charge in [0.15, 0.2) is 0 Å². The molecule has 0 unspecified atom stereocenters. The Morgan fingerprint density at radius 3 is 2.92 bits per heavy atom. The topological polar surface area (TPSA) is 9.23 Å². The third-order valence-electron chi connectivity index (χ3n) is 1.73. The average Bonchev–Trinajstić information content (AvgIpc) is 2.14. The fourth-order valence-electron chi connectivity index (χ4n) is 0.914. The maximum Gasteiger partial charge on any atom is 0.113 e. The summed E-state index contributed by atoms with van der Waals surface area (Å²) in [4.78, 5) is 0. The molecule has 0 aliphatic rings. The van der Waals surface area contributed by atoms with E-state index in [1.165, 1.54) is 0 Å². The van der Waals surface area contributed by atoms with Crippen LogP contribution in [0.5, 0.6) is 0 Å². The zero-order chi connectivity index (χ0) is 9.68. The van der Waals surface area contributed by atoms with Gasteiger partial charge >= 0.3 is 0 Å². The lowest BCUT2D eigenvalue weighted by molar-refractivity contribution is 0.193. The van der Waals surface area contributed by atoms with E-state index in [0.29, 0.717) is 6.61 Å². The molecule has 0 amide bonds. The third kappa shape index (κ3) is 3.64. The largest absolute Gasteiger partial charge is 0.494 e. The summed E-state index contributed by atoms with van der Waals surface area (Å²) in [5.74, 6) is 0.833. The van der Waals surface area contributed by atoms with Crippen LogP contribution < -0.4 is 0 Å². The first kappa shape index (κ1) is 10.3. The van der Waals surface area contributed by atoms with E-state index in [4.69, 9.17) is 4.74 Å². The summed E-state index contributed by atoms with van der Waals surface area (Å²) in [7, 11) is 0. The Morgan fingerprint density at radius 1 is 1.54 bits per heavy atom. The Hall–Kier alpha value is -0.760. The predicted octanol–water partition coefficient (Wildman–Crippen LogP) is 3.89. The van der Waals surface area contributed by atoms with E-state index in [-0.39, 0.29) is 0 Å². The molecule has 0 radical (unpaired) electrons. The molecule has 0 spiro atoms. The lowest BCUT2D eigenvalue weighted by Gasteiger charge is -2.06. The summed E-state index contributed by atoms with van der Waals surface area (Å²) in [6, 6.07) is 8.08. The molecule has 1 aromatic rings. The van der Waals surface area contributed by atoms with Crippen molar-refractivity contribution in [1.29, 1.82) is 0 Å². The van der Waals surface area contributed by atoms with Gasteiger partial charge in [0, 0.05) is 10.9 Å². The molecule has 1 aromatic carbocycles. The van der Waals surface area contributed by atoms with Crippen LogP contribution in [-0.2, 0) is 11.3 Å². The minimum absolute atomic E-state index is 0.603. The Labute approximate surface area is 87.5 Å². The van der Waals surface area contributed by atoms with Crippen molar-refractivity contribution in [2.45, 2.75) is 20.0 Å². The summed E-state index contributed by atoms with van der Waals surface area (Å²) >= 11 is 3.41. The number of halogens is 1. The van der Waals surface area contributed by atoms with Gasteiger partial charge in [-0.3, -0.25) is 0 Å². The minimum Gasteiger partial charge on any atom is -0.494 e. The quantitative estimate of drug-likeness (QED) is 0.726. The molecule has 0 aliphatic carbocycles. The highest BCUT2D eigenvalue weighted by atomic mass is 79.9. The number of ether oxygens (including phenoxy) is 1. The van der Waals surface area contributed by atoms with E-state index in [0.717, 1.165) is 22.2 Å². The van der Waals surface area contributed by atoms with Gasteiger partial charge in [0.1, 0.15) is 6.61 Å². The fourth-order valence-corrected chi connectivity index (χ4v) is 1.36. The van der Waals surface area contributed by atoms with Crippen molar-refractivity contribution in [1.82, 2.24) is 0 Å². The maximum absolute atomic E-state index is 5.42. The van der Waals surface area contributed by atoms with Gasteiger partial charge in [0.05, 0.1) is 5.76 Å². The summed E-state index contributed by atoms with van der Waals surface area (Å²) in [6.45, 7) is 6.41. The molecule has 0 bridgehead atoms. The predicted molar refractivity (Wildman–Crippen MR) is 58.4 cm³/mol. The lowest BCUT2D eigenvalue weighted by atomic mass is 10.2. The first-order valence-electron chi connectivity index (χ1n) is 4.27. The molecular weight excluding hydrogens is 228 g/mol. The molecule has 1 rings (SSSR count). The van der Waals surface area contributed by atoms with Crippen molar-refractivity contribution >= 4 is 15.9 Å². The van der Waals surface area contributed by atoms with E-state index in [1.54, 1.807) is 0 Å². The zero-order valence-electron chi connectivity index (χ0n) is 7.72. The maximum atomic E-state index is 5.42. The fraction of sp³-hybridized carbons (Fsp3) is 0.273. The van der Waals surface area contributed by atoms with Crippen molar-refractivity contribution in [2.75, 3.05) is 0 Å². The summed E-state index contributed by atoms with van der Waals surface area (Å²) in [5, 5.41) is 0. The Morgan fingerprint density at radius 2 is 2.31 bits per heavy atom. The zero-order valence-corrected chi connectivity index (χ0v) is 9.30. The van der Waals surface area contributed by atoms with E-state index in [2.05, 4.69) is 22.5 Å². The SMILES string of the molecule is C=C(CC)OCc1cccc(Br)c1. The highest BCUT2D eigenvalue weighted by Crippen LogP contribution is 2.13. The van der Waals surface area contributed by atoms with Crippen molar-refractivity contribution < 1.29 is 4.74 Å². The van der Waals surface area contributed by atoms with Crippen molar-refractivity contribution in [3.63, 3.8) is 0 Å². The Balaban J connectivity index is 2.50. The van der Waals surface area contributed by atoms with Crippen LogP contribution in [0.25, 0.3) is 0 Å². The van der Waals surface area contributed by atoms with Crippen LogP contribution in [0.2, 0.25) is 0 Å². The molecule has 0 heterocycles. The molecular formula is C11H13BrO. The lowest BCUT2D eigenvalue weighted by Crippen LogP contribution is -1.91. The molecule has 0 saturated carbocycles. The van der Waals surface area contributed by atoms with Gasteiger partial charge in [-0.25, -0.2) is 0 Å². The first-order chi connectivity index (χ1) is 6.22. The highest BCUT2D eigenvalue weighted by Gasteiger charge is 1.95. The van der Waals surface area contributed by atoms with Gasteiger partial charge in [-0.05, 0) is 17.7 Å². The van der Waals surface area contributed by atoms with Crippen LogP contribution in [0, 0.1) is 0 Å². The van der Waals surface area contributed by atoms with Gasteiger partial charge in [0.25, 0.3) is 0 Å². The minimum atomic E-state index is 0.603. The van der Waals surface area contributed by atoms with E-state index >= 15 is 0 Å². The molecule has 0 saturated heterocycles. The number of hydrogen-bond donors (Lipinski definition) is 0. The molecule has 13 heavy (non-hydrogen) atoms. The molecule has 0 aromatic heterocycles. The highest BCUT2D eigenvalue weighted by molar-refractivity contribution is 9.10. The van der Waals surface area contributed by atoms with Crippen LogP contribution in [0.4, 0.5) is 0 Å². The van der Waals surface area contributed by atoms with Gasteiger partial charge in [-0.2, -0.15) is 0 Å². The molecule has 2 heteroatoms. The molecule has 0 aliphatic heterocycles. The van der Waals surface area contributed by atoms with Gasteiger partial charge in [0.2, 0.25) is 0 Å². The van der Waals surface area contributed by atoms with Gasteiger partial charge in [-0.1, -0.05) is 41.6 Å². The average molecular weight is 241 g/mol. The molecule has 70 valence electrons. The Kier molecular flexibility index (Phi) is 4.03. The van der Waals surface area contributed by atoms with E-state index < -0.39 is 0 Å². The van der Waals surface area contributed by atoms with Crippen LogP contribution in [0.1, 0.15) is 18.9 Å². The van der Waals surface area contributed by atoms with Crippen LogP contribution in [-0.4, -0.2) is 0 Å². The van der Waals surface area contributed by atoms with Crippen LogP contribution in [0.15, 0.2) is 41.1 Å². The number of allylic oxidation sites excluding steroid dienone is 1. The van der Waals surface area contributed by atoms with E-state index in [9.17, 15) is 0 Å². The number of rotatable bonds is 4. The molecule has 0 atom stereocenters. The first-order valence-corrected chi connectivity index (χ1v) is 5.06.